The third-order valence-electron chi connectivity index (χ3n) is 3.47. The number of benzene rings is 2. The third-order valence-corrected chi connectivity index (χ3v) is 5.38. The predicted molar refractivity (Wildman–Crippen MR) is 101 cm³/mol. The SMILES string of the molecule is O=C1/C(=C/c2ccc(F)c(Br)c2)SC(=S)N1c1cccc(C(F)(F)F)c1. The first-order chi connectivity index (χ1) is 12.2. The van der Waals surface area contributed by atoms with Crippen LogP contribution in [0, 0.1) is 5.82 Å². The van der Waals surface area contributed by atoms with Gasteiger partial charge in [-0.25, -0.2) is 4.39 Å². The summed E-state index contributed by atoms with van der Waals surface area (Å²) in [5.74, 6) is -0.974. The summed E-state index contributed by atoms with van der Waals surface area (Å²) < 4.78 is 52.4. The summed E-state index contributed by atoms with van der Waals surface area (Å²) in [7, 11) is 0. The summed E-state index contributed by atoms with van der Waals surface area (Å²) in [4.78, 5) is 13.9. The molecule has 2 nitrogen and oxygen atoms in total. The van der Waals surface area contributed by atoms with Gasteiger partial charge >= 0.3 is 6.18 Å². The topological polar surface area (TPSA) is 20.3 Å². The van der Waals surface area contributed by atoms with Gasteiger partial charge in [0.15, 0.2) is 4.32 Å². The van der Waals surface area contributed by atoms with Crippen molar-refractivity contribution < 1.29 is 22.4 Å². The van der Waals surface area contributed by atoms with E-state index in [0.29, 0.717) is 5.56 Å². The average Bonchev–Trinajstić information content (AvgIpc) is 2.84. The van der Waals surface area contributed by atoms with Crippen LogP contribution in [0.25, 0.3) is 6.08 Å². The first-order valence-corrected chi connectivity index (χ1v) is 9.09. The van der Waals surface area contributed by atoms with Gasteiger partial charge in [-0.2, -0.15) is 13.2 Å². The number of nitrogens with zero attached hydrogens (tertiary/aromatic N) is 1. The second-order valence-corrected chi connectivity index (χ2v) is 7.77. The predicted octanol–water partition coefficient (Wildman–Crippen LogP) is 6.01. The zero-order valence-corrected chi connectivity index (χ0v) is 15.9. The first-order valence-electron chi connectivity index (χ1n) is 7.07. The number of halogens is 5. The normalized spacial score (nSPS) is 16.7. The van der Waals surface area contributed by atoms with Crippen LogP contribution in [0.2, 0.25) is 0 Å². The quantitative estimate of drug-likeness (QED) is 0.310. The number of amides is 1. The van der Waals surface area contributed by atoms with Crippen molar-refractivity contribution in [3.05, 3.63) is 68.8 Å². The first kappa shape index (κ1) is 19.1. The van der Waals surface area contributed by atoms with E-state index in [1.165, 1.54) is 36.4 Å². The Balaban J connectivity index is 1.94. The molecule has 9 heteroatoms. The fraction of sp³-hybridized carbons (Fsp3) is 0.0588. The van der Waals surface area contributed by atoms with E-state index in [2.05, 4.69) is 15.9 Å². The van der Waals surface area contributed by atoms with Crippen molar-refractivity contribution in [3.63, 3.8) is 0 Å². The summed E-state index contributed by atoms with van der Waals surface area (Å²) in [5.41, 5.74) is -0.260. The Morgan fingerprint density at radius 2 is 1.88 bits per heavy atom. The molecule has 1 amide bonds. The number of carbonyl (C=O) groups excluding carboxylic acids is 1. The van der Waals surface area contributed by atoms with Crippen LogP contribution in [0.1, 0.15) is 11.1 Å². The minimum Gasteiger partial charge on any atom is -0.268 e. The Hall–Kier alpha value is -1.71. The molecule has 26 heavy (non-hydrogen) atoms. The van der Waals surface area contributed by atoms with Gasteiger partial charge in [-0.3, -0.25) is 9.69 Å². The lowest BCUT2D eigenvalue weighted by Gasteiger charge is -2.16. The molecule has 0 N–H and O–H groups in total. The fourth-order valence-corrected chi connectivity index (χ4v) is 3.96. The molecule has 0 radical (unpaired) electrons. The van der Waals surface area contributed by atoms with Crippen LogP contribution >= 0.6 is 39.9 Å². The van der Waals surface area contributed by atoms with Crippen LogP contribution < -0.4 is 4.90 Å². The molecule has 2 aromatic carbocycles. The van der Waals surface area contributed by atoms with Gasteiger partial charge in [0.1, 0.15) is 5.82 Å². The molecule has 1 aliphatic rings. The van der Waals surface area contributed by atoms with Crippen LogP contribution in [-0.2, 0) is 11.0 Å². The van der Waals surface area contributed by atoms with Crippen LogP contribution in [0.15, 0.2) is 51.8 Å². The van der Waals surface area contributed by atoms with Gasteiger partial charge in [0.2, 0.25) is 0 Å². The molecule has 0 aromatic heterocycles. The standard InChI is InChI=1S/C17H8BrF4NOS2/c18-12-6-9(4-5-13(12)19)7-14-15(24)23(16(25)26-14)11-3-1-2-10(8-11)17(20,21)22/h1-8H/b14-7-. The molecule has 3 rings (SSSR count). The minimum absolute atomic E-state index is 0.0472. The average molecular weight is 462 g/mol. The van der Waals surface area contributed by atoms with Crippen molar-refractivity contribution in [2.24, 2.45) is 0 Å². The number of alkyl halides is 3. The van der Waals surface area contributed by atoms with E-state index in [-0.39, 0.29) is 19.4 Å². The van der Waals surface area contributed by atoms with Crippen LogP contribution in [-0.4, -0.2) is 10.2 Å². The lowest BCUT2D eigenvalue weighted by molar-refractivity contribution is -0.137. The van der Waals surface area contributed by atoms with Gasteiger partial charge in [-0.1, -0.05) is 36.1 Å². The van der Waals surface area contributed by atoms with Gasteiger partial charge in [0, 0.05) is 0 Å². The number of thioether (sulfide) groups is 1. The molecular weight excluding hydrogens is 454 g/mol. The van der Waals surface area contributed by atoms with Crippen molar-refractivity contribution in [2.75, 3.05) is 4.90 Å². The second-order valence-electron chi connectivity index (χ2n) is 5.24. The summed E-state index contributed by atoms with van der Waals surface area (Å²) >= 11 is 9.19. The highest BCUT2D eigenvalue weighted by Crippen LogP contribution is 2.38. The second kappa shape index (κ2) is 7.13. The summed E-state index contributed by atoms with van der Waals surface area (Å²) in [6.07, 6.45) is -3.01. The van der Waals surface area contributed by atoms with E-state index in [4.69, 9.17) is 12.2 Å². The third kappa shape index (κ3) is 3.84. The van der Waals surface area contributed by atoms with Crippen molar-refractivity contribution in [1.29, 1.82) is 0 Å². The lowest BCUT2D eigenvalue weighted by atomic mass is 10.1. The lowest BCUT2D eigenvalue weighted by Crippen LogP contribution is -2.27. The molecule has 0 unspecified atom stereocenters. The molecule has 134 valence electrons. The van der Waals surface area contributed by atoms with Crippen molar-refractivity contribution in [2.45, 2.75) is 6.18 Å². The molecule has 0 bridgehead atoms. The van der Waals surface area contributed by atoms with E-state index in [1.54, 1.807) is 0 Å². The summed E-state index contributed by atoms with van der Waals surface area (Å²) in [6.45, 7) is 0. The molecule has 1 heterocycles. The number of anilines is 1. The Morgan fingerprint density at radius 1 is 1.15 bits per heavy atom. The Labute approximate surface area is 164 Å². The molecule has 0 saturated carbocycles. The van der Waals surface area contributed by atoms with E-state index in [1.807, 2.05) is 0 Å². The summed E-state index contributed by atoms with van der Waals surface area (Å²) in [5, 5.41) is 0. The highest BCUT2D eigenvalue weighted by atomic mass is 79.9. The van der Waals surface area contributed by atoms with Gasteiger partial charge in [-0.15, -0.1) is 0 Å². The highest BCUT2D eigenvalue weighted by Gasteiger charge is 2.36. The zero-order chi connectivity index (χ0) is 19.1. The van der Waals surface area contributed by atoms with E-state index >= 15 is 0 Å². The Bertz CT molecular complexity index is 943. The van der Waals surface area contributed by atoms with Crippen molar-refractivity contribution in [3.8, 4) is 0 Å². The Morgan fingerprint density at radius 3 is 2.54 bits per heavy atom. The molecule has 0 atom stereocenters. The van der Waals surface area contributed by atoms with Gasteiger partial charge < -0.3 is 0 Å². The zero-order valence-electron chi connectivity index (χ0n) is 12.7. The Kier molecular flexibility index (Phi) is 5.23. The van der Waals surface area contributed by atoms with Gasteiger partial charge in [0.25, 0.3) is 5.91 Å². The van der Waals surface area contributed by atoms with E-state index in [9.17, 15) is 22.4 Å². The van der Waals surface area contributed by atoms with Crippen LogP contribution in [0.4, 0.5) is 23.2 Å². The maximum absolute atomic E-state index is 13.3. The monoisotopic (exact) mass is 461 g/mol. The molecular formula is C17H8BrF4NOS2. The van der Waals surface area contributed by atoms with E-state index < -0.39 is 23.5 Å². The van der Waals surface area contributed by atoms with Crippen LogP contribution in [0.5, 0.6) is 0 Å². The molecule has 0 spiro atoms. The van der Waals surface area contributed by atoms with Crippen LogP contribution in [0.3, 0.4) is 0 Å². The van der Waals surface area contributed by atoms with Crippen molar-refractivity contribution in [1.82, 2.24) is 0 Å². The number of hydrogen-bond acceptors (Lipinski definition) is 3. The molecule has 2 aromatic rings. The number of thiocarbonyl (C=S) groups is 1. The van der Waals surface area contributed by atoms with Gasteiger partial charge in [0.05, 0.1) is 20.6 Å². The molecule has 0 aliphatic carbocycles. The van der Waals surface area contributed by atoms with Crippen molar-refractivity contribution >= 4 is 61.9 Å². The van der Waals surface area contributed by atoms with Gasteiger partial charge in [-0.05, 0) is 57.9 Å². The maximum Gasteiger partial charge on any atom is 0.416 e. The smallest absolute Gasteiger partial charge is 0.268 e. The number of carbonyl (C=O) groups is 1. The minimum atomic E-state index is -4.52. The highest BCUT2D eigenvalue weighted by molar-refractivity contribution is 9.10. The number of rotatable bonds is 2. The number of hydrogen-bond donors (Lipinski definition) is 0. The van der Waals surface area contributed by atoms with E-state index in [0.717, 1.165) is 28.8 Å². The largest absolute Gasteiger partial charge is 0.416 e. The molecule has 1 saturated heterocycles. The molecule has 1 aliphatic heterocycles. The fourth-order valence-electron chi connectivity index (χ4n) is 2.27. The summed E-state index contributed by atoms with van der Waals surface area (Å²) in [6, 6.07) is 8.62. The maximum atomic E-state index is 13.3. The molecule has 1 fully saturated rings.